The molecule has 1 saturated heterocycles. The molecule has 8 heteroatoms. The summed E-state index contributed by atoms with van der Waals surface area (Å²) >= 11 is 7.98. The van der Waals surface area contributed by atoms with Crippen molar-refractivity contribution in [2.24, 2.45) is 0 Å². The van der Waals surface area contributed by atoms with Crippen LogP contribution in [0.2, 0.25) is 5.02 Å². The van der Waals surface area contributed by atoms with E-state index >= 15 is 0 Å². The van der Waals surface area contributed by atoms with Crippen molar-refractivity contribution in [1.29, 1.82) is 0 Å². The van der Waals surface area contributed by atoms with Crippen molar-refractivity contribution >= 4 is 56.6 Å². The standard InChI is InChI=1S/C25H26ClN3O3S/c26-25-20-6-1-2-7-21(20)33-22(25)8-9-23(30)27-17-18-4-3-5-19(16-18)28-24(31)10-11-29-12-14-32-15-13-29/h1-9,16H,10-15,17H2,(H,27,30)(H,28,31)/b9-8+. The SMILES string of the molecule is O=C(/C=C/c1sc2ccccc2c1Cl)NCc1cccc(NC(=O)CCN2CCOCC2)c1. The lowest BCUT2D eigenvalue weighted by atomic mass is 10.2. The zero-order valence-corrected chi connectivity index (χ0v) is 19.8. The molecule has 2 aromatic carbocycles. The molecular weight excluding hydrogens is 458 g/mol. The number of fused-ring (bicyclic) bond motifs is 1. The van der Waals surface area contributed by atoms with Crippen molar-refractivity contribution in [2.75, 3.05) is 38.2 Å². The summed E-state index contributed by atoms with van der Waals surface area (Å²) in [4.78, 5) is 27.7. The van der Waals surface area contributed by atoms with E-state index in [4.69, 9.17) is 16.3 Å². The molecule has 2 heterocycles. The van der Waals surface area contributed by atoms with Gasteiger partial charge in [0.2, 0.25) is 11.8 Å². The molecule has 6 nitrogen and oxygen atoms in total. The first-order chi connectivity index (χ1) is 16.1. The first kappa shape index (κ1) is 23.4. The highest BCUT2D eigenvalue weighted by atomic mass is 35.5. The van der Waals surface area contributed by atoms with E-state index in [9.17, 15) is 9.59 Å². The molecule has 0 bridgehead atoms. The van der Waals surface area contributed by atoms with Crippen LogP contribution in [0.3, 0.4) is 0 Å². The Bertz CT molecular complexity index is 1150. The maximum Gasteiger partial charge on any atom is 0.244 e. The predicted octanol–water partition coefficient (Wildman–Crippen LogP) is 4.55. The third-order valence-electron chi connectivity index (χ3n) is 5.38. The molecule has 1 aliphatic rings. The van der Waals surface area contributed by atoms with Crippen LogP contribution in [-0.4, -0.2) is 49.6 Å². The van der Waals surface area contributed by atoms with E-state index in [2.05, 4.69) is 15.5 Å². The molecular formula is C25H26ClN3O3S. The topological polar surface area (TPSA) is 70.7 Å². The Kier molecular flexibility index (Phi) is 8.12. The Hall–Kier alpha value is -2.71. The second kappa shape index (κ2) is 11.4. The highest BCUT2D eigenvalue weighted by Gasteiger charge is 2.12. The van der Waals surface area contributed by atoms with Gasteiger partial charge in [-0.15, -0.1) is 11.3 Å². The molecule has 1 fully saturated rings. The van der Waals surface area contributed by atoms with Gasteiger partial charge in [0.25, 0.3) is 0 Å². The van der Waals surface area contributed by atoms with Crippen LogP contribution in [0.4, 0.5) is 5.69 Å². The molecule has 0 unspecified atom stereocenters. The number of nitrogens with zero attached hydrogens (tertiary/aromatic N) is 1. The number of thiophene rings is 1. The van der Waals surface area contributed by atoms with Crippen LogP contribution >= 0.6 is 22.9 Å². The summed E-state index contributed by atoms with van der Waals surface area (Å²) in [5.41, 5.74) is 1.63. The molecule has 0 spiro atoms. The van der Waals surface area contributed by atoms with Crippen molar-refractivity contribution in [3.8, 4) is 0 Å². The number of hydrogen-bond acceptors (Lipinski definition) is 5. The van der Waals surface area contributed by atoms with E-state index in [0.29, 0.717) is 18.0 Å². The molecule has 4 rings (SSSR count). The van der Waals surface area contributed by atoms with Gasteiger partial charge in [0.05, 0.1) is 18.2 Å². The molecule has 172 valence electrons. The highest BCUT2D eigenvalue weighted by molar-refractivity contribution is 7.20. The molecule has 0 saturated carbocycles. The summed E-state index contributed by atoms with van der Waals surface area (Å²) in [6.07, 6.45) is 3.67. The van der Waals surface area contributed by atoms with E-state index in [1.54, 1.807) is 17.4 Å². The number of carbonyl (C=O) groups is 2. The zero-order chi connectivity index (χ0) is 23.0. The molecule has 0 atom stereocenters. The maximum absolute atomic E-state index is 12.3. The van der Waals surface area contributed by atoms with Crippen LogP contribution in [0, 0.1) is 0 Å². The summed E-state index contributed by atoms with van der Waals surface area (Å²) < 4.78 is 6.42. The number of amides is 2. The van der Waals surface area contributed by atoms with Crippen LogP contribution in [0.5, 0.6) is 0 Å². The van der Waals surface area contributed by atoms with Gasteiger partial charge in [-0.3, -0.25) is 14.5 Å². The van der Waals surface area contributed by atoms with E-state index in [-0.39, 0.29) is 11.8 Å². The lowest BCUT2D eigenvalue weighted by Crippen LogP contribution is -2.38. The van der Waals surface area contributed by atoms with E-state index in [0.717, 1.165) is 59.1 Å². The average molecular weight is 484 g/mol. The summed E-state index contributed by atoms with van der Waals surface area (Å²) in [6.45, 7) is 4.27. The largest absolute Gasteiger partial charge is 0.379 e. The number of halogens is 1. The number of anilines is 1. The lowest BCUT2D eigenvalue weighted by Gasteiger charge is -2.26. The smallest absolute Gasteiger partial charge is 0.244 e. The van der Waals surface area contributed by atoms with Gasteiger partial charge in [-0.1, -0.05) is 41.9 Å². The molecule has 33 heavy (non-hydrogen) atoms. The minimum Gasteiger partial charge on any atom is -0.379 e. The van der Waals surface area contributed by atoms with Crippen LogP contribution in [0.25, 0.3) is 16.2 Å². The number of hydrogen-bond donors (Lipinski definition) is 2. The van der Waals surface area contributed by atoms with Gasteiger partial charge in [-0.25, -0.2) is 0 Å². The van der Waals surface area contributed by atoms with Gasteiger partial charge < -0.3 is 15.4 Å². The van der Waals surface area contributed by atoms with Crippen LogP contribution in [-0.2, 0) is 20.9 Å². The second-order valence-corrected chi connectivity index (χ2v) is 9.24. The minimum absolute atomic E-state index is 0.0224. The Morgan fingerprint density at radius 1 is 1.12 bits per heavy atom. The van der Waals surface area contributed by atoms with E-state index < -0.39 is 0 Å². The lowest BCUT2D eigenvalue weighted by molar-refractivity contribution is -0.117. The number of rotatable bonds is 8. The first-order valence-corrected chi connectivity index (χ1v) is 12.1. The van der Waals surface area contributed by atoms with Gasteiger partial charge >= 0.3 is 0 Å². The maximum atomic E-state index is 12.3. The van der Waals surface area contributed by atoms with Gasteiger partial charge in [0, 0.05) is 59.3 Å². The van der Waals surface area contributed by atoms with Crippen molar-refractivity contribution in [2.45, 2.75) is 13.0 Å². The van der Waals surface area contributed by atoms with Crippen LogP contribution in [0.15, 0.2) is 54.6 Å². The van der Waals surface area contributed by atoms with Gasteiger partial charge in [0.1, 0.15) is 0 Å². The number of morpholine rings is 1. The number of ether oxygens (including phenoxy) is 1. The molecule has 2 N–H and O–H groups in total. The van der Waals surface area contributed by atoms with Gasteiger partial charge in [-0.05, 0) is 29.8 Å². The number of carbonyl (C=O) groups excluding carboxylic acids is 2. The summed E-state index contributed by atoms with van der Waals surface area (Å²) in [5.74, 6) is -0.228. The Morgan fingerprint density at radius 3 is 2.76 bits per heavy atom. The molecule has 3 aromatic rings. The van der Waals surface area contributed by atoms with Gasteiger partial charge in [0.15, 0.2) is 0 Å². The third-order valence-corrected chi connectivity index (χ3v) is 7.04. The van der Waals surface area contributed by atoms with E-state index in [1.807, 2.05) is 48.5 Å². The average Bonchev–Trinajstić information content (AvgIpc) is 3.16. The Labute approximate surface area is 202 Å². The third kappa shape index (κ3) is 6.65. The molecule has 2 amide bonds. The Morgan fingerprint density at radius 2 is 1.94 bits per heavy atom. The van der Waals surface area contributed by atoms with Crippen molar-refractivity contribution in [3.05, 3.63) is 70.1 Å². The second-order valence-electron chi connectivity index (χ2n) is 7.78. The van der Waals surface area contributed by atoms with Crippen molar-refractivity contribution < 1.29 is 14.3 Å². The molecule has 0 aliphatic carbocycles. The number of benzene rings is 2. The first-order valence-electron chi connectivity index (χ1n) is 10.9. The quantitative estimate of drug-likeness (QED) is 0.461. The van der Waals surface area contributed by atoms with Crippen LogP contribution < -0.4 is 10.6 Å². The summed E-state index contributed by atoms with van der Waals surface area (Å²) in [6, 6.07) is 15.4. The Balaban J connectivity index is 1.26. The molecule has 0 radical (unpaired) electrons. The fourth-order valence-electron chi connectivity index (χ4n) is 3.61. The monoisotopic (exact) mass is 483 g/mol. The fourth-order valence-corrected chi connectivity index (χ4v) is 5.01. The summed E-state index contributed by atoms with van der Waals surface area (Å²) in [7, 11) is 0. The van der Waals surface area contributed by atoms with Crippen molar-refractivity contribution in [3.63, 3.8) is 0 Å². The minimum atomic E-state index is -0.205. The normalized spacial score (nSPS) is 14.6. The fraction of sp³-hybridized carbons (Fsp3) is 0.280. The number of nitrogens with one attached hydrogen (secondary N) is 2. The van der Waals surface area contributed by atoms with Gasteiger partial charge in [-0.2, -0.15) is 0 Å². The van der Waals surface area contributed by atoms with Crippen molar-refractivity contribution in [1.82, 2.24) is 10.2 Å². The molecule has 1 aliphatic heterocycles. The van der Waals surface area contributed by atoms with E-state index in [1.165, 1.54) is 6.08 Å². The van der Waals surface area contributed by atoms with Crippen LogP contribution in [0.1, 0.15) is 16.9 Å². The predicted molar refractivity (Wildman–Crippen MR) is 135 cm³/mol. The highest BCUT2D eigenvalue weighted by Crippen LogP contribution is 2.35. The molecule has 1 aromatic heterocycles. The zero-order valence-electron chi connectivity index (χ0n) is 18.2. The summed E-state index contributed by atoms with van der Waals surface area (Å²) in [5, 5.41) is 7.47.